The van der Waals surface area contributed by atoms with Crippen LogP contribution in [0.5, 0.6) is 11.5 Å². The predicted molar refractivity (Wildman–Crippen MR) is 100 cm³/mol. The molecule has 126 valence electrons. The Morgan fingerprint density at radius 1 is 0.917 bits per heavy atom. The highest BCUT2D eigenvalue weighted by Gasteiger charge is 2.31. The maximum atomic E-state index is 5.26. The summed E-state index contributed by atoms with van der Waals surface area (Å²) in [6.45, 7) is 2.14. The zero-order valence-electron chi connectivity index (χ0n) is 14.2. The van der Waals surface area contributed by atoms with E-state index in [1.165, 1.54) is 11.1 Å². The average molecular weight is 342 g/mol. The van der Waals surface area contributed by atoms with Gasteiger partial charge in [0.05, 0.1) is 20.3 Å². The molecule has 2 atom stereocenters. The molecule has 1 heterocycles. The average Bonchev–Trinajstić information content (AvgIpc) is 3.06. The second-order valence-electron chi connectivity index (χ2n) is 5.48. The van der Waals surface area contributed by atoms with Crippen LogP contribution in [0.1, 0.15) is 30.1 Å². The first kappa shape index (κ1) is 16.7. The lowest BCUT2D eigenvalue weighted by molar-refractivity contribution is 0.414. The standard InChI is InChI=1S/C19H22N2O2S/c1-4-24-19-20-17(13-5-9-15(22-2)10-6-13)18(21-19)14-7-11-16(23-3)12-8-14/h5-12,17-18H,4H2,1-3H3,(H,20,21)/t17-,18+. The lowest BCUT2D eigenvalue weighted by Crippen LogP contribution is -2.22. The monoisotopic (exact) mass is 342 g/mol. The zero-order chi connectivity index (χ0) is 16.9. The molecule has 0 unspecified atom stereocenters. The van der Waals surface area contributed by atoms with Gasteiger partial charge in [0.2, 0.25) is 0 Å². The Hall–Kier alpha value is -2.14. The molecule has 0 aliphatic carbocycles. The minimum absolute atomic E-state index is 0.0540. The fourth-order valence-corrected chi connectivity index (χ4v) is 3.48. The molecule has 0 spiro atoms. The van der Waals surface area contributed by atoms with E-state index in [-0.39, 0.29) is 12.1 Å². The van der Waals surface area contributed by atoms with Crippen molar-refractivity contribution in [2.75, 3.05) is 20.0 Å². The van der Waals surface area contributed by atoms with Crippen molar-refractivity contribution < 1.29 is 9.47 Å². The minimum Gasteiger partial charge on any atom is -0.497 e. The highest BCUT2D eigenvalue weighted by Crippen LogP contribution is 2.38. The second kappa shape index (κ2) is 7.62. The summed E-state index contributed by atoms with van der Waals surface area (Å²) in [5, 5.41) is 4.56. The number of amidine groups is 1. The minimum atomic E-state index is 0.0540. The van der Waals surface area contributed by atoms with Crippen LogP contribution in [-0.4, -0.2) is 25.1 Å². The van der Waals surface area contributed by atoms with Crippen LogP contribution in [0.25, 0.3) is 0 Å². The number of ether oxygens (including phenoxy) is 2. The number of methoxy groups -OCH3 is 2. The highest BCUT2D eigenvalue weighted by molar-refractivity contribution is 8.13. The smallest absolute Gasteiger partial charge is 0.157 e. The van der Waals surface area contributed by atoms with Gasteiger partial charge >= 0.3 is 0 Å². The van der Waals surface area contributed by atoms with Gasteiger partial charge in [0.1, 0.15) is 17.5 Å². The summed E-state index contributed by atoms with van der Waals surface area (Å²) in [4.78, 5) is 4.90. The van der Waals surface area contributed by atoms with Crippen LogP contribution in [0.2, 0.25) is 0 Å². The summed E-state index contributed by atoms with van der Waals surface area (Å²) < 4.78 is 10.5. The number of nitrogens with zero attached hydrogens (tertiary/aromatic N) is 1. The maximum Gasteiger partial charge on any atom is 0.157 e. The quantitative estimate of drug-likeness (QED) is 0.884. The molecular formula is C19H22N2O2S. The third-order valence-corrected chi connectivity index (χ3v) is 4.85. The summed E-state index contributed by atoms with van der Waals surface area (Å²) in [7, 11) is 3.36. The van der Waals surface area contributed by atoms with Gasteiger partial charge in [-0.2, -0.15) is 0 Å². The van der Waals surface area contributed by atoms with E-state index in [0.717, 1.165) is 22.4 Å². The molecule has 24 heavy (non-hydrogen) atoms. The molecule has 0 amide bonds. The number of hydrogen-bond donors (Lipinski definition) is 1. The van der Waals surface area contributed by atoms with Gasteiger partial charge in [-0.15, -0.1) is 0 Å². The van der Waals surface area contributed by atoms with E-state index in [4.69, 9.17) is 14.5 Å². The Bertz CT molecular complexity index is 698. The van der Waals surface area contributed by atoms with Crippen molar-refractivity contribution in [1.29, 1.82) is 0 Å². The summed E-state index contributed by atoms with van der Waals surface area (Å²) in [5.74, 6) is 2.72. The second-order valence-corrected chi connectivity index (χ2v) is 6.73. The number of hydrogen-bond acceptors (Lipinski definition) is 5. The van der Waals surface area contributed by atoms with Crippen molar-refractivity contribution in [2.24, 2.45) is 4.99 Å². The van der Waals surface area contributed by atoms with Gasteiger partial charge in [0.25, 0.3) is 0 Å². The van der Waals surface area contributed by atoms with E-state index < -0.39 is 0 Å². The first-order valence-electron chi connectivity index (χ1n) is 8.00. The first-order chi connectivity index (χ1) is 11.7. The van der Waals surface area contributed by atoms with Crippen molar-refractivity contribution in [3.63, 3.8) is 0 Å². The Morgan fingerprint density at radius 2 is 1.46 bits per heavy atom. The van der Waals surface area contributed by atoms with E-state index >= 15 is 0 Å². The van der Waals surface area contributed by atoms with Crippen molar-refractivity contribution in [2.45, 2.75) is 19.0 Å². The van der Waals surface area contributed by atoms with Crippen LogP contribution in [0, 0.1) is 0 Å². The summed E-state index contributed by atoms with van der Waals surface area (Å²) >= 11 is 1.74. The summed E-state index contributed by atoms with van der Waals surface area (Å²) in [6.07, 6.45) is 0. The van der Waals surface area contributed by atoms with E-state index in [1.807, 2.05) is 24.3 Å². The van der Waals surface area contributed by atoms with Crippen LogP contribution in [0.15, 0.2) is 53.5 Å². The summed E-state index contributed by atoms with van der Waals surface area (Å²) in [5.41, 5.74) is 2.38. The first-order valence-corrected chi connectivity index (χ1v) is 8.98. The van der Waals surface area contributed by atoms with Crippen molar-refractivity contribution in [3.05, 3.63) is 59.7 Å². The van der Waals surface area contributed by atoms with E-state index in [2.05, 4.69) is 36.5 Å². The topological polar surface area (TPSA) is 42.9 Å². The number of rotatable bonds is 5. The van der Waals surface area contributed by atoms with Gasteiger partial charge in [-0.3, -0.25) is 4.99 Å². The third-order valence-electron chi connectivity index (χ3n) is 4.06. The van der Waals surface area contributed by atoms with E-state index in [9.17, 15) is 0 Å². The van der Waals surface area contributed by atoms with Gasteiger partial charge < -0.3 is 14.8 Å². The number of aliphatic imine (C=N–C) groups is 1. The SMILES string of the molecule is CCSC1=N[C@H](c2ccc(OC)cc2)[C@H](c2ccc(OC)cc2)N1. The molecule has 2 aromatic carbocycles. The molecule has 5 heteroatoms. The lowest BCUT2D eigenvalue weighted by Gasteiger charge is -2.20. The number of benzene rings is 2. The normalized spacial score (nSPS) is 19.5. The molecule has 0 fully saturated rings. The fourth-order valence-electron chi connectivity index (χ4n) is 2.81. The van der Waals surface area contributed by atoms with Gasteiger partial charge in [-0.05, 0) is 41.1 Å². The van der Waals surface area contributed by atoms with Crippen LogP contribution in [0.4, 0.5) is 0 Å². The fraction of sp³-hybridized carbons (Fsp3) is 0.316. The van der Waals surface area contributed by atoms with Crippen molar-refractivity contribution in [1.82, 2.24) is 5.32 Å². The van der Waals surface area contributed by atoms with Crippen molar-refractivity contribution in [3.8, 4) is 11.5 Å². The van der Waals surface area contributed by atoms with Crippen LogP contribution in [0.3, 0.4) is 0 Å². The third kappa shape index (κ3) is 3.51. The Balaban J connectivity index is 1.90. The van der Waals surface area contributed by atoms with Crippen LogP contribution in [-0.2, 0) is 0 Å². The number of thioether (sulfide) groups is 1. The molecule has 2 aromatic rings. The molecule has 3 rings (SSSR count). The van der Waals surface area contributed by atoms with Gasteiger partial charge in [0, 0.05) is 0 Å². The molecule has 1 N–H and O–H groups in total. The molecule has 0 saturated heterocycles. The van der Waals surface area contributed by atoms with Gasteiger partial charge in [-0.25, -0.2) is 0 Å². The molecule has 0 bridgehead atoms. The lowest BCUT2D eigenvalue weighted by atomic mass is 9.95. The Labute approximate surface area is 147 Å². The zero-order valence-corrected chi connectivity index (χ0v) is 15.0. The number of nitrogens with one attached hydrogen (secondary N) is 1. The van der Waals surface area contributed by atoms with Crippen LogP contribution >= 0.6 is 11.8 Å². The maximum absolute atomic E-state index is 5.26. The van der Waals surface area contributed by atoms with Gasteiger partial charge in [0.15, 0.2) is 5.17 Å². The Morgan fingerprint density at radius 3 is 1.96 bits per heavy atom. The Kier molecular flexibility index (Phi) is 5.30. The molecule has 1 aliphatic heterocycles. The highest BCUT2D eigenvalue weighted by atomic mass is 32.2. The molecule has 1 aliphatic rings. The largest absolute Gasteiger partial charge is 0.497 e. The molecule has 0 aromatic heterocycles. The van der Waals surface area contributed by atoms with Crippen LogP contribution < -0.4 is 14.8 Å². The predicted octanol–water partition coefficient (Wildman–Crippen LogP) is 4.20. The van der Waals surface area contributed by atoms with E-state index in [0.29, 0.717) is 0 Å². The van der Waals surface area contributed by atoms with Gasteiger partial charge in [-0.1, -0.05) is 43.0 Å². The summed E-state index contributed by atoms with van der Waals surface area (Å²) in [6, 6.07) is 16.5. The molecule has 4 nitrogen and oxygen atoms in total. The molecular weight excluding hydrogens is 320 g/mol. The van der Waals surface area contributed by atoms with Crippen molar-refractivity contribution >= 4 is 16.9 Å². The molecule has 0 saturated carbocycles. The van der Waals surface area contributed by atoms with E-state index in [1.54, 1.807) is 26.0 Å². The molecule has 0 radical (unpaired) electrons.